The fourth-order valence-electron chi connectivity index (χ4n) is 0.687. The lowest BCUT2D eigenvalue weighted by atomic mass is 10.1. The lowest BCUT2D eigenvalue weighted by molar-refractivity contribution is 0.127. The van der Waals surface area contributed by atoms with Crippen molar-refractivity contribution in [3.05, 3.63) is 12.2 Å². The highest BCUT2D eigenvalue weighted by Gasteiger charge is 1.95. The average Bonchev–Trinajstić information content (AvgIpc) is 2.10. The molecule has 0 amide bonds. The molecule has 0 aliphatic rings. The van der Waals surface area contributed by atoms with E-state index in [2.05, 4.69) is 13.8 Å². The van der Waals surface area contributed by atoms with E-state index in [0.717, 1.165) is 6.61 Å². The number of hydrogen-bond donors (Lipinski definition) is 0. The van der Waals surface area contributed by atoms with Crippen LogP contribution in [0.3, 0.4) is 0 Å². The van der Waals surface area contributed by atoms with Crippen molar-refractivity contribution in [3.8, 4) is 0 Å². The Labute approximate surface area is 75.6 Å². The zero-order valence-corrected chi connectivity index (χ0v) is 8.38. The normalized spacial score (nSPS) is 13.9. The molecule has 1 atom stereocenters. The van der Waals surface area contributed by atoms with Crippen LogP contribution in [0.25, 0.3) is 0 Å². The fourth-order valence-corrected chi connectivity index (χ4v) is 0.687. The molecule has 0 heterocycles. The topological polar surface area (TPSA) is 18.5 Å². The largest absolute Gasteiger partial charge is 0.381 e. The zero-order valence-electron chi connectivity index (χ0n) is 8.38. The maximum Gasteiger partial charge on any atom is 0.0648 e. The maximum atomic E-state index is 5.39. The number of methoxy groups -OCH3 is 1. The molecule has 0 aromatic heterocycles. The second kappa shape index (κ2) is 8.75. The first-order chi connectivity index (χ1) is 5.81. The molecule has 0 aromatic carbocycles. The molecule has 2 nitrogen and oxygen atoms in total. The molecule has 0 bridgehead atoms. The molecule has 0 saturated heterocycles. The summed E-state index contributed by atoms with van der Waals surface area (Å²) in [4.78, 5) is 0. The maximum absolute atomic E-state index is 5.39. The summed E-state index contributed by atoms with van der Waals surface area (Å²) in [6.45, 7) is 6.60. The van der Waals surface area contributed by atoms with Crippen LogP contribution in [0.1, 0.15) is 20.3 Å². The first-order valence-corrected chi connectivity index (χ1v) is 4.53. The SMILES string of the molecule is CCC(C)COCC=CCOC. The van der Waals surface area contributed by atoms with Crippen LogP contribution in [-0.2, 0) is 9.47 Å². The van der Waals surface area contributed by atoms with Crippen LogP contribution in [0, 0.1) is 5.92 Å². The molecule has 1 unspecified atom stereocenters. The van der Waals surface area contributed by atoms with Crippen molar-refractivity contribution in [2.24, 2.45) is 5.92 Å². The summed E-state index contributed by atoms with van der Waals surface area (Å²) in [5, 5.41) is 0. The number of ether oxygens (including phenoxy) is 2. The Bertz CT molecular complexity index is 110. The molecular formula is C10H20O2. The molecule has 0 fully saturated rings. The summed E-state index contributed by atoms with van der Waals surface area (Å²) in [7, 11) is 1.68. The Morgan fingerprint density at radius 3 is 2.50 bits per heavy atom. The van der Waals surface area contributed by atoms with E-state index in [1.807, 2.05) is 12.2 Å². The van der Waals surface area contributed by atoms with Crippen LogP contribution >= 0.6 is 0 Å². The van der Waals surface area contributed by atoms with Crippen LogP contribution in [0.2, 0.25) is 0 Å². The minimum atomic E-state index is 0.667. The van der Waals surface area contributed by atoms with Gasteiger partial charge in [-0.2, -0.15) is 0 Å². The van der Waals surface area contributed by atoms with Crippen LogP contribution in [0.15, 0.2) is 12.2 Å². The third kappa shape index (κ3) is 7.76. The molecule has 0 N–H and O–H groups in total. The lowest BCUT2D eigenvalue weighted by Crippen LogP contribution is -2.04. The summed E-state index contributed by atoms with van der Waals surface area (Å²) in [6, 6.07) is 0. The molecule has 0 radical (unpaired) electrons. The van der Waals surface area contributed by atoms with Crippen LogP contribution < -0.4 is 0 Å². The molecule has 0 saturated carbocycles. The second-order valence-electron chi connectivity index (χ2n) is 2.98. The van der Waals surface area contributed by atoms with E-state index in [1.165, 1.54) is 6.42 Å². The number of hydrogen-bond acceptors (Lipinski definition) is 2. The quantitative estimate of drug-likeness (QED) is 0.433. The zero-order chi connectivity index (χ0) is 9.23. The van der Waals surface area contributed by atoms with Gasteiger partial charge in [0.2, 0.25) is 0 Å². The van der Waals surface area contributed by atoms with Gasteiger partial charge in [0.25, 0.3) is 0 Å². The Kier molecular flexibility index (Phi) is 8.51. The molecule has 0 aliphatic carbocycles. The highest BCUT2D eigenvalue weighted by Crippen LogP contribution is 1.99. The third-order valence-corrected chi connectivity index (χ3v) is 1.74. The van der Waals surface area contributed by atoms with Crippen molar-refractivity contribution in [2.75, 3.05) is 26.9 Å². The Morgan fingerprint density at radius 2 is 1.92 bits per heavy atom. The highest BCUT2D eigenvalue weighted by molar-refractivity contribution is 4.80. The van der Waals surface area contributed by atoms with Crippen molar-refractivity contribution in [3.63, 3.8) is 0 Å². The smallest absolute Gasteiger partial charge is 0.0648 e. The molecule has 72 valence electrons. The number of rotatable bonds is 7. The first-order valence-electron chi connectivity index (χ1n) is 4.53. The summed E-state index contributed by atoms with van der Waals surface area (Å²) < 4.78 is 10.2. The minimum Gasteiger partial charge on any atom is -0.381 e. The van der Waals surface area contributed by atoms with E-state index in [4.69, 9.17) is 9.47 Å². The van der Waals surface area contributed by atoms with Crippen molar-refractivity contribution in [1.82, 2.24) is 0 Å². The highest BCUT2D eigenvalue weighted by atomic mass is 16.5. The van der Waals surface area contributed by atoms with E-state index >= 15 is 0 Å². The van der Waals surface area contributed by atoms with Gasteiger partial charge in [0.05, 0.1) is 13.2 Å². The summed E-state index contributed by atoms with van der Waals surface area (Å²) in [5.74, 6) is 0.667. The minimum absolute atomic E-state index is 0.667. The van der Waals surface area contributed by atoms with Crippen molar-refractivity contribution in [1.29, 1.82) is 0 Å². The van der Waals surface area contributed by atoms with Gasteiger partial charge in [-0.1, -0.05) is 32.4 Å². The summed E-state index contributed by atoms with van der Waals surface area (Å²) in [5.41, 5.74) is 0. The Morgan fingerprint density at radius 1 is 1.25 bits per heavy atom. The van der Waals surface area contributed by atoms with Gasteiger partial charge in [-0.05, 0) is 5.92 Å². The second-order valence-corrected chi connectivity index (χ2v) is 2.98. The van der Waals surface area contributed by atoms with Crippen molar-refractivity contribution >= 4 is 0 Å². The van der Waals surface area contributed by atoms with E-state index in [1.54, 1.807) is 7.11 Å². The molecule has 2 heteroatoms. The van der Waals surface area contributed by atoms with Gasteiger partial charge in [0.15, 0.2) is 0 Å². The summed E-state index contributed by atoms with van der Waals surface area (Å²) >= 11 is 0. The van der Waals surface area contributed by atoms with E-state index in [9.17, 15) is 0 Å². The lowest BCUT2D eigenvalue weighted by Gasteiger charge is -2.06. The molecule has 0 spiro atoms. The van der Waals surface area contributed by atoms with E-state index in [-0.39, 0.29) is 0 Å². The van der Waals surface area contributed by atoms with Gasteiger partial charge >= 0.3 is 0 Å². The van der Waals surface area contributed by atoms with Crippen molar-refractivity contribution in [2.45, 2.75) is 20.3 Å². The van der Waals surface area contributed by atoms with Gasteiger partial charge in [0, 0.05) is 13.7 Å². The van der Waals surface area contributed by atoms with Crippen molar-refractivity contribution < 1.29 is 9.47 Å². The van der Waals surface area contributed by atoms with E-state index < -0.39 is 0 Å². The molecular weight excluding hydrogens is 152 g/mol. The standard InChI is InChI=1S/C10H20O2/c1-4-10(2)9-12-8-6-5-7-11-3/h5-6,10H,4,7-9H2,1-3H3. The Hall–Kier alpha value is -0.340. The van der Waals surface area contributed by atoms with E-state index in [0.29, 0.717) is 19.1 Å². The third-order valence-electron chi connectivity index (χ3n) is 1.74. The van der Waals surface area contributed by atoms with Crippen LogP contribution in [-0.4, -0.2) is 26.9 Å². The van der Waals surface area contributed by atoms with Gasteiger partial charge in [-0.15, -0.1) is 0 Å². The van der Waals surface area contributed by atoms with Gasteiger partial charge in [-0.3, -0.25) is 0 Å². The molecule has 0 aromatic rings. The van der Waals surface area contributed by atoms with Gasteiger partial charge in [0.1, 0.15) is 0 Å². The monoisotopic (exact) mass is 172 g/mol. The summed E-state index contributed by atoms with van der Waals surface area (Å²) in [6.07, 6.45) is 5.14. The predicted molar refractivity (Wildman–Crippen MR) is 51.3 cm³/mol. The fraction of sp³-hybridized carbons (Fsp3) is 0.800. The average molecular weight is 172 g/mol. The first kappa shape index (κ1) is 11.7. The molecule has 0 rings (SSSR count). The van der Waals surface area contributed by atoms with Crippen LogP contribution in [0.4, 0.5) is 0 Å². The van der Waals surface area contributed by atoms with Crippen LogP contribution in [0.5, 0.6) is 0 Å². The Balaban J connectivity index is 3.09. The molecule has 12 heavy (non-hydrogen) atoms. The molecule has 0 aliphatic heterocycles. The van der Waals surface area contributed by atoms with Gasteiger partial charge < -0.3 is 9.47 Å². The predicted octanol–water partition coefficient (Wildman–Crippen LogP) is 2.25. The van der Waals surface area contributed by atoms with Gasteiger partial charge in [-0.25, -0.2) is 0 Å².